The van der Waals surface area contributed by atoms with E-state index in [1.54, 1.807) is 7.11 Å². The Bertz CT molecular complexity index is 549. The van der Waals surface area contributed by atoms with Gasteiger partial charge < -0.3 is 10.1 Å². The summed E-state index contributed by atoms with van der Waals surface area (Å²) in [6.45, 7) is 4.94. The summed E-state index contributed by atoms with van der Waals surface area (Å²) in [6.07, 6.45) is 0. The summed E-state index contributed by atoms with van der Waals surface area (Å²) in [6, 6.07) is 8.51. The third-order valence-electron chi connectivity index (χ3n) is 3.11. The number of nitrogens with zero attached hydrogens (tertiary/aromatic N) is 1. The second-order valence-electron chi connectivity index (χ2n) is 4.78. The summed E-state index contributed by atoms with van der Waals surface area (Å²) >= 11 is 0. The van der Waals surface area contributed by atoms with Crippen LogP contribution in [0.4, 0.5) is 5.69 Å². The van der Waals surface area contributed by atoms with E-state index < -0.39 is 0 Å². The predicted octanol–water partition coefficient (Wildman–Crippen LogP) is 3.55. The summed E-state index contributed by atoms with van der Waals surface area (Å²) in [5, 5.41) is 4.41. The molecule has 1 heterocycles. The van der Waals surface area contributed by atoms with Crippen LogP contribution < -0.4 is 5.32 Å². The van der Waals surface area contributed by atoms with Gasteiger partial charge >= 0.3 is 0 Å². The number of fused-ring (bicyclic) bond motifs is 1. The Morgan fingerprint density at radius 2 is 2.06 bits per heavy atom. The van der Waals surface area contributed by atoms with Gasteiger partial charge in [0.05, 0.1) is 17.8 Å². The molecule has 0 bridgehead atoms. The molecule has 2 rings (SSSR count). The number of aromatic nitrogens is 1. The molecule has 0 aliphatic carbocycles. The number of methoxy groups -OCH3 is 1. The van der Waals surface area contributed by atoms with Gasteiger partial charge in [0, 0.05) is 25.2 Å². The molecule has 0 amide bonds. The van der Waals surface area contributed by atoms with Crippen LogP contribution in [0.5, 0.6) is 0 Å². The smallest absolute Gasteiger partial charge is 0.0885 e. The molecule has 3 nitrogen and oxygen atoms in total. The van der Waals surface area contributed by atoms with Gasteiger partial charge in [-0.15, -0.1) is 0 Å². The number of ether oxygens (including phenoxy) is 1. The number of pyridine rings is 1. The van der Waals surface area contributed by atoms with Crippen molar-refractivity contribution in [1.82, 2.24) is 4.98 Å². The van der Waals surface area contributed by atoms with Crippen molar-refractivity contribution in [3.05, 3.63) is 35.5 Å². The molecule has 0 aliphatic heterocycles. The Hall–Kier alpha value is -1.61. The first-order chi connectivity index (χ1) is 8.65. The van der Waals surface area contributed by atoms with E-state index in [1.165, 1.54) is 10.9 Å². The Balaban J connectivity index is 2.59. The lowest BCUT2D eigenvalue weighted by Gasteiger charge is -2.12. The molecule has 0 unspecified atom stereocenters. The third-order valence-corrected chi connectivity index (χ3v) is 3.11. The van der Waals surface area contributed by atoms with Crippen molar-refractivity contribution in [3.63, 3.8) is 0 Å². The fraction of sp³-hybridized carbons (Fsp3) is 0.400. The second kappa shape index (κ2) is 5.36. The maximum Gasteiger partial charge on any atom is 0.0885 e. The standard InChI is InChI=1S/C15H20N2O/c1-10(2)11-5-6-14-13(7-11)15(16-3)8-12(17-14)9-18-4/h5-8,10H,9H2,1-4H3,(H,16,17). The van der Waals surface area contributed by atoms with Gasteiger partial charge in [-0.05, 0) is 29.7 Å². The molecule has 1 aromatic heterocycles. The lowest BCUT2D eigenvalue weighted by molar-refractivity contribution is 0.182. The van der Waals surface area contributed by atoms with E-state index in [4.69, 9.17) is 4.74 Å². The minimum atomic E-state index is 0.526. The maximum absolute atomic E-state index is 5.15. The van der Waals surface area contributed by atoms with Crippen molar-refractivity contribution in [1.29, 1.82) is 0 Å². The molecule has 2 aromatic rings. The van der Waals surface area contributed by atoms with Gasteiger partial charge in [0.25, 0.3) is 0 Å². The highest BCUT2D eigenvalue weighted by Crippen LogP contribution is 2.27. The van der Waals surface area contributed by atoms with Crippen LogP contribution in [-0.2, 0) is 11.3 Å². The highest BCUT2D eigenvalue weighted by molar-refractivity contribution is 5.92. The predicted molar refractivity (Wildman–Crippen MR) is 76.1 cm³/mol. The number of anilines is 1. The van der Waals surface area contributed by atoms with Crippen LogP contribution in [0.2, 0.25) is 0 Å². The molecule has 3 heteroatoms. The summed E-state index contributed by atoms with van der Waals surface area (Å²) in [4.78, 5) is 4.61. The highest BCUT2D eigenvalue weighted by atomic mass is 16.5. The summed E-state index contributed by atoms with van der Waals surface area (Å²) < 4.78 is 5.15. The van der Waals surface area contributed by atoms with Crippen LogP contribution in [0.1, 0.15) is 31.0 Å². The zero-order valence-electron chi connectivity index (χ0n) is 11.4. The lowest BCUT2D eigenvalue weighted by Crippen LogP contribution is -1.99. The van der Waals surface area contributed by atoms with Crippen molar-refractivity contribution in [2.45, 2.75) is 26.4 Å². The molecule has 0 aliphatic rings. The van der Waals surface area contributed by atoms with Gasteiger partial charge in [-0.1, -0.05) is 19.9 Å². The highest BCUT2D eigenvalue weighted by Gasteiger charge is 2.07. The molecule has 0 radical (unpaired) electrons. The first kappa shape index (κ1) is 12.8. The quantitative estimate of drug-likeness (QED) is 0.893. The number of rotatable bonds is 4. The van der Waals surface area contributed by atoms with Crippen molar-refractivity contribution in [2.75, 3.05) is 19.5 Å². The molecule has 18 heavy (non-hydrogen) atoms. The summed E-state index contributed by atoms with van der Waals surface area (Å²) in [5.41, 5.74) is 4.40. The monoisotopic (exact) mass is 244 g/mol. The minimum absolute atomic E-state index is 0.526. The fourth-order valence-corrected chi connectivity index (χ4v) is 2.09. The van der Waals surface area contributed by atoms with E-state index in [1.807, 2.05) is 7.05 Å². The first-order valence-electron chi connectivity index (χ1n) is 6.26. The van der Waals surface area contributed by atoms with Crippen LogP contribution >= 0.6 is 0 Å². The van der Waals surface area contributed by atoms with E-state index in [0.29, 0.717) is 12.5 Å². The first-order valence-corrected chi connectivity index (χ1v) is 6.26. The topological polar surface area (TPSA) is 34.1 Å². The Morgan fingerprint density at radius 3 is 2.67 bits per heavy atom. The third kappa shape index (κ3) is 2.46. The molecule has 96 valence electrons. The van der Waals surface area contributed by atoms with E-state index in [2.05, 4.69) is 48.4 Å². The number of hydrogen-bond acceptors (Lipinski definition) is 3. The van der Waals surface area contributed by atoms with Crippen LogP contribution in [-0.4, -0.2) is 19.1 Å². The molecular formula is C15H20N2O. The van der Waals surface area contributed by atoms with Gasteiger partial charge in [0.2, 0.25) is 0 Å². The SMILES string of the molecule is CNc1cc(COC)nc2ccc(C(C)C)cc12. The number of hydrogen-bond donors (Lipinski definition) is 1. The van der Waals surface area contributed by atoms with Crippen molar-refractivity contribution in [3.8, 4) is 0 Å². The van der Waals surface area contributed by atoms with Crippen LogP contribution in [0, 0.1) is 0 Å². The van der Waals surface area contributed by atoms with Crippen LogP contribution in [0.25, 0.3) is 10.9 Å². The van der Waals surface area contributed by atoms with Crippen molar-refractivity contribution >= 4 is 16.6 Å². The zero-order chi connectivity index (χ0) is 13.1. The van der Waals surface area contributed by atoms with Crippen LogP contribution in [0.3, 0.4) is 0 Å². The van der Waals surface area contributed by atoms with Gasteiger partial charge in [0.15, 0.2) is 0 Å². The Kier molecular flexibility index (Phi) is 3.82. The average Bonchev–Trinajstić information content (AvgIpc) is 2.37. The van der Waals surface area contributed by atoms with Gasteiger partial charge in [0.1, 0.15) is 0 Å². The average molecular weight is 244 g/mol. The van der Waals surface area contributed by atoms with Crippen molar-refractivity contribution < 1.29 is 4.74 Å². The molecule has 0 saturated heterocycles. The lowest BCUT2D eigenvalue weighted by atomic mass is 10.0. The van der Waals surface area contributed by atoms with Gasteiger partial charge in [-0.3, -0.25) is 4.98 Å². The number of benzene rings is 1. The van der Waals surface area contributed by atoms with E-state index >= 15 is 0 Å². The van der Waals surface area contributed by atoms with Crippen LogP contribution in [0.15, 0.2) is 24.3 Å². The largest absolute Gasteiger partial charge is 0.388 e. The molecule has 1 N–H and O–H groups in total. The Morgan fingerprint density at radius 1 is 1.28 bits per heavy atom. The molecule has 1 aromatic carbocycles. The zero-order valence-corrected chi connectivity index (χ0v) is 11.4. The van der Waals surface area contributed by atoms with E-state index in [9.17, 15) is 0 Å². The number of nitrogens with one attached hydrogen (secondary N) is 1. The molecule has 0 fully saturated rings. The van der Waals surface area contributed by atoms with Gasteiger partial charge in [-0.2, -0.15) is 0 Å². The van der Waals surface area contributed by atoms with E-state index in [0.717, 1.165) is 16.9 Å². The molecule has 0 saturated carbocycles. The molecule has 0 atom stereocenters. The van der Waals surface area contributed by atoms with E-state index in [-0.39, 0.29) is 0 Å². The molecular weight excluding hydrogens is 224 g/mol. The Labute approximate surface area is 108 Å². The second-order valence-corrected chi connectivity index (χ2v) is 4.78. The fourth-order valence-electron chi connectivity index (χ4n) is 2.09. The maximum atomic E-state index is 5.15. The van der Waals surface area contributed by atoms with Gasteiger partial charge in [-0.25, -0.2) is 0 Å². The summed E-state index contributed by atoms with van der Waals surface area (Å²) in [7, 11) is 3.63. The normalized spacial score (nSPS) is 11.2. The summed E-state index contributed by atoms with van der Waals surface area (Å²) in [5.74, 6) is 0.526. The van der Waals surface area contributed by atoms with Crippen molar-refractivity contribution in [2.24, 2.45) is 0 Å². The molecule has 0 spiro atoms. The minimum Gasteiger partial charge on any atom is -0.388 e.